The Labute approximate surface area is 176 Å². The van der Waals surface area contributed by atoms with Crippen LogP contribution in [0.15, 0.2) is 48.2 Å². The Morgan fingerprint density at radius 3 is 2.67 bits per heavy atom. The van der Waals surface area contributed by atoms with E-state index in [9.17, 15) is 14.0 Å². The lowest BCUT2D eigenvalue weighted by Gasteiger charge is -2.45. The van der Waals surface area contributed by atoms with E-state index in [0.717, 1.165) is 16.9 Å². The summed E-state index contributed by atoms with van der Waals surface area (Å²) in [6.45, 7) is 6.58. The van der Waals surface area contributed by atoms with Crippen molar-refractivity contribution in [1.29, 1.82) is 0 Å². The van der Waals surface area contributed by atoms with Crippen molar-refractivity contribution in [3.05, 3.63) is 70.7 Å². The fourth-order valence-electron chi connectivity index (χ4n) is 4.36. The molecule has 6 heteroatoms. The number of hydrogen-bond acceptors (Lipinski definition) is 3. The number of hydrogen-bond donors (Lipinski definition) is 1. The van der Waals surface area contributed by atoms with Gasteiger partial charge in [-0.05, 0) is 61.6 Å². The van der Waals surface area contributed by atoms with Gasteiger partial charge < -0.3 is 10.2 Å². The smallest absolute Gasteiger partial charge is 0.329 e. The van der Waals surface area contributed by atoms with Gasteiger partial charge >= 0.3 is 6.03 Å². The molecule has 0 radical (unpaired) electrons. The van der Waals surface area contributed by atoms with E-state index in [4.69, 9.17) is 0 Å². The summed E-state index contributed by atoms with van der Waals surface area (Å²) in [5.74, 6) is -0.505. The van der Waals surface area contributed by atoms with Crippen LogP contribution in [-0.2, 0) is 11.3 Å². The zero-order valence-electron chi connectivity index (χ0n) is 17.7. The molecule has 5 nitrogen and oxygen atoms in total. The van der Waals surface area contributed by atoms with Crippen LogP contribution in [0.4, 0.5) is 14.9 Å². The van der Waals surface area contributed by atoms with Crippen molar-refractivity contribution in [2.24, 2.45) is 0 Å². The van der Waals surface area contributed by atoms with Crippen LogP contribution >= 0.6 is 0 Å². The molecule has 2 heterocycles. The molecule has 1 unspecified atom stereocenters. The van der Waals surface area contributed by atoms with Crippen LogP contribution in [-0.4, -0.2) is 29.4 Å². The fraction of sp³-hybridized carbons (Fsp3) is 0.333. The van der Waals surface area contributed by atoms with Gasteiger partial charge in [-0.3, -0.25) is 9.69 Å². The molecule has 1 saturated heterocycles. The van der Waals surface area contributed by atoms with Gasteiger partial charge in [0.05, 0.1) is 6.54 Å². The number of benzene rings is 2. The van der Waals surface area contributed by atoms with Crippen LogP contribution in [0.25, 0.3) is 6.08 Å². The second kappa shape index (κ2) is 7.27. The highest BCUT2D eigenvalue weighted by atomic mass is 19.1. The predicted molar refractivity (Wildman–Crippen MR) is 115 cm³/mol. The minimum Gasteiger partial charge on any atom is -0.369 e. The number of halogens is 1. The number of urea groups is 1. The lowest BCUT2D eigenvalue weighted by atomic mass is 9.80. The third kappa shape index (κ3) is 3.47. The third-order valence-corrected chi connectivity index (χ3v) is 6.22. The molecule has 2 aromatic carbocycles. The topological polar surface area (TPSA) is 52.7 Å². The normalized spacial score (nSPS) is 21.8. The van der Waals surface area contributed by atoms with Crippen molar-refractivity contribution in [1.82, 2.24) is 10.2 Å². The van der Waals surface area contributed by atoms with E-state index in [1.165, 1.54) is 17.3 Å². The van der Waals surface area contributed by atoms with E-state index in [0.29, 0.717) is 11.5 Å². The first-order chi connectivity index (χ1) is 14.2. The number of carbonyl (C=O) groups excluding carboxylic acids is 2. The van der Waals surface area contributed by atoms with Gasteiger partial charge in [-0.1, -0.05) is 31.2 Å². The van der Waals surface area contributed by atoms with Gasteiger partial charge in [0.25, 0.3) is 5.91 Å². The average Bonchev–Trinajstić information content (AvgIpc) is 2.95. The minimum atomic E-state index is -0.540. The van der Waals surface area contributed by atoms with Crippen LogP contribution in [0.3, 0.4) is 0 Å². The molecule has 30 heavy (non-hydrogen) atoms. The summed E-state index contributed by atoms with van der Waals surface area (Å²) in [4.78, 5) is 28.4. The molecule has 0 aromatic heterocycles. The van der Waals surface area contributed by atoms with Gasteiger partial charge in [0.1, 0.15) is 11.5 Å². The van der Waals surface area contributed by atoms with Gasteiger partial charge in [0, 0.05) is 23.8 Å². The molecule has 3 amide bonds. The monoisotopic (exact) mass is 407 g/mol. The number of amides is 3. The highest BCUT2D eigenvalue weighted by Gasteiger charge is 2.35. The summed E-state index contributed by atoms with van der Waals surface area (Å²) in [7, 11) is 2.10. The van der Waals surface area contributed by atoms with Crippen LogP contribution in [0.1, 0.15) is 49.8 Å². The van der Waals surface area contributed by atoms with E-state index < -0.39 is 17.8 Å². The van der Waals surface area contributed by atoms with Crippen LogP contribution in [0, 0.1) is 5.82 Å². The first kappa shape index (κ1) is 20.1. The molecular formula is C24H26FN3O2. The zero-order chi connectivity index (χ0) is 21.6. The van der Waals surface area contributed by atoms with Gasteiger partial charge in [0.2, 0.25) is 0 Å². The number of carbonyl (C=O) groups is 2. The maximum Gasteiger partial charge on any atom is 0.329 e. The fourth-order valence-corrected chi connectivity index (χ4v) is 4.36. The highest BCUT2D eigenvalue weighted by molar-refractivity contribution is 6.13. The number of nitrogens with one attached hydrogen (secondary N) is 1. The quantitative estimate of drug-likeness (QED) is 0.596. The number of nitrogens with zero attached hydrogens (tertiary/aromatic N) is 2. The van der Waals surface area contributed by atoms with Gasteiger partial charge in [-0.15, -0.1) is 0 Å². The van der Waals surface area contributed by atoms with Crippen molar-refractivity contribution in [2.45, 2.75) is 45.2 Å². The molecule has 4 rings (SSSR count). The molecule has 1 N–H and O–H groups in total. The molecule has 1 fully saturated rings. The van der Waals surface area contributed by atoms with Crippen molar-refractivity contribution >= 4 is 23.7 Å². The van der Waals surface area contributed by atoms with Gasteiger partial charge in [-0.2, -0.15) is 0 Å². The van der Waals surface area contributed by atoms with E-state index in [2.05, 4.69) is 50.2 Å². The summed E-state index contributed by atoms with van der Waals surface area (Å²) in [6, 6.07) is 11.7. The maximum atomic E-state index is 13.9. The number of rotatable bonds is 3. The summed E-state index contributed by atoms with van der Waals surface area (Å²) in [5, 5.41) is 2.62. The Morgan fingerprint density at radius 2 is 1.93 bits per heavy atom. The Bertz CT molecular complexity index is 1060. The molecule has 0 bridgehead atoms. The first-order valence-electron chi connectivity index (χ1n) is 10.1. The second-order valence-electron chi connectivity index (χ2n) is 8.77. The number of imide groups is 1. The third-order valence-electron chi connectivity index (χ3n) is 6.22. The van der Waals surface area contributed by atoms with E-state index in [-0.39, 0.29) is 17.8 Å². The first-order valence-corrected chi connectivity index (χ1v) is 10.1. The van der Waals surface area contributed by atoms with Crippen molar-refractivity contribution in [2.75, 3.05) is 11.9 Å². The maximum absolute atomic E-state index is 13.9. The Kier molecular flexibility index (Phi) is 4.88. The standard InChI is InChI=1S/C24H26FN3O2/c1-15-13-24(2,3)27(4)21-10-9-16(11-18(15)21)12-20-22(29)28(23(30)26-20)14-17-7-5-6-8-19(17)25/h5-12,15H,13-14H2,1-4H3,(H,26,30)/b20-12+. The molecule has 2 aliphatic rings. The predicted octanol–water partition coefficient (Wildman–Crippen LogP) is 4.64. The molecule has 2 aliphatic heterocycles. The molecule has 0 spiro atoms. The highest BCUT2D eigenvalue weighted by Crippen LogP contribution is 2.42. The minimum absolute atomic E-state index is 0.0784. The van der Waals surface area contributed by atoms with Crippen LogP contribution in [0.5, 0.6) is 0 Å². The van der Waals surface area contributed by atoms with Crippen LogP contribution < -0.4 is 10.2 Å². The Morgan fingerprint density at radius 1 is 1.20 bits per heavy atom. The molecule has 1 atom stereocenters. The summed E-state index contributed by atoms with van der Waals surface area (Å²) in [6.07, 6.45) is 2.72. The largest absolute Gasteiger partial charge is 0.369 e. The van der Waals surface area contributed by atoms with Crippen LogP contribution in [0.2, 0.25) is 0 Å². The summed E-state index contributed by atoms with van der Waals surface area (Å²) >= 11 is 0. The van der Waals surface area contributed by atoms with E-state index in [1.807, 2.05) is 6.07 Å². The van der Waals surface area contributed by atoms with Gasteiger partial charge in [0.15, 0.2) is 0 Å². The van der Waals surface area contributed by atoms with E-state index >= 15 is 0 Å². The second-order valence-corrected chi connectivity index (χ2v) is 8.77. The SMILES string of the molecule is CC1CC(C)(C)N(C)c2ccc(/C=C3/NC(=O)N(Cc4ccccc4F)C3=O)cc21. The molecule has 156 valence electrons. The zero-order valence-corrected chi connectivity index (χ0v) is 17.7. The molecule has 0 saturated carbocycles. The van der Waals surface area contributed by atoms with Gasteiger partial charge in [-0.25, -0.2) is 9.18 Å². The van der Waals surface area contributed by atoms with Crippen molar-refractivity contribution in [3.63, 3.8) is 0 Å². The van der Waals surface area contributed by atoms with Crippen molar-refractivity contribution in [3.8, 4) is 0 Å². The average molecular weight is 407 g/mol. The molecule has 0 aliphatic carbocycles. The van der Waals surface area contributed by atoms with E-state index in [1.54, 1.807) is 24.3 Å². The summed E-state index contributed by atoms with van der Waals surface area (Å²) < 4.78 is 13.9. The number of fused-ring (bicyclic) bond motifs is 1. The number of anilines is 1. The van der Waals surface area contributed by atoms with Crippen molar-refractivity contribution < 1.29 is 14.0 Å². The lowest BCUT2D eigenvalue weighted by molar-refractivity contribution is -0.123. The molecular weight excluding hydrogens is 381 g/mol. The Hall–Kier alpha value is -3.15. The summed E-state index contributed by atoms with van der Waals surface area (Å²) in [5.41, 5.74) is 3.85. The molecule has 2 aromatic rings. The Balaban J connectivity index is 1.60. The lowest BCUT2D eigenvalue weighted by Crippen LogP contribution is -2.45.